The first-order valence-corrected chi connectivity index (χ1v) is 8.06. The van der Waals surface area contributed by atoms with Crippen LogP contribution in [0.25, 0.3) is 0 Å². The van der Waals surface area contributed by atoms with Crippen molar-refractivity contribution in [3.8, 4) is 0 Å². The average molecular weight is 318 g/mol. The second-order valence-corrected chi connectivity index (χ2v) is 5.97. The van der Waals surface area contributed by atoms with Crippen LogP contribution < -0.4 is 10.2 Å². The Morgan fingerprint density at radius 2 is 2.00 bits per heavy atom. The second-order valence-electron chi connectivity index (χ2n) is 5.97. The number of para-hydroxylation sites is 1. The molecule has 0 unspecified atom stereocenters. The smallest absolute Gasteiger partial charge is 0.318 e. The SMILES string of the molecule is C[C@H]1C(=O)N(C)CCN1C(=O)NCCCN(C)c1ccccc1. The minimum absolute atomic E-state index is 0.00443. The molecule has 23 heavy (non-hydrogen) atoms. The fraction of sp³-hybridized carbons (Fsp3) is 0.529. The van der Waals surface area contributed by atoms with Gasteiger partial charge >= 0.3 is 6.03 Å². The second kappa shape index (κ2) is 7.85. The van der Waals surface area contributed by atoms with Crippen LogP contribution in [0, 0.1) is 0 Å². The highest BCUT2D eigenvalue weighted by Crippen LogP contribution is 2.11. The zero-order valence-corrected chi connectivity index (χ0v) is 14.2. The van der Waals surface area contributed by atoms with Crippen molar-refractivity contribution in [3.63, 3.8) is 0 Å². The largest absolute Gasteiger partial charge is 0.375 e. The van der Waals surface area contributed by atoms with Crippen molar-refractivity contribution >= 4 is 17.6 Å². The van der Waals surface area contributed by atoms with Crippen molar-refractivity contribution in [2.45, 2.75) is 19.4 Å². The first-order chi connectivity index (χ1) is 11.0. The number of amides is 3. The Kier molecular flexibility index (Phi) is 5.84. The Bertz CT molecular complexity index is 535. The van der Waals surface area contributed by atoms with Crippen molar-refractivity contribution in [1.82, 2.24) is 15.1 Å². The van der Waals surface area contributed by atoms with E-state index in [1.54, 1.807) is 23.8 Å². The lowest BCUT2D eigenvalue weighted by atomic mass is 10.2. The van der Waals surface area contributed by atoms with E-state index in [0.717, 1.165) is 18.7 Å². The van der Waals surface area contributed by atoms with Crippen molar-refractivity contribution in [2.75, 3.05) is 45.2 Å². The maximum absolute atomic E-state index is 12.2. The quantitative estimate of drug-likeness (QED) is 0.835. The van der Waals surface area contributed by atoms with Crippen molar-refractivity contribution in [3.05, 3.63) is 30.3 Å². The van der Waals surface area contributed by atoms with Gasteiger partial charge in [0.2, 0.25) is 5.91 Å². The van der Waals surface area contributed by atoms with Crippen LogP contribution in [0.3, 0.4) is 0 Å². The molecule has 0 aromatic heterocycles. The van der Waals surface area contributed by atoms with E-state index in [1.807, 2.05) is 25.2 Å². The monoisotopic (exact) mass is 318 g/mol. The molecule has 1 fully saturated rings. The van der Waals surface area contributed by atoms with E-state index in [4.69, 9.17) is 0 Å². The summed E-state index contributed by atoms with van der Waals surface area (Å²) in [5, 5.41) is 2.91. The van der Waals surface area contributed by atoms with Gasteiger partial charge in [-0.2, -0.15) is 0 Å². The van der Waals surface area contributed by atoms with Crippen LogP contribution in [0.2, 0.25) is 0 Å². The summed E-state index contributed by atoms with van der Waals surface area (Å²) in [6.07, 6.45) is 0.854. The number of nitrogens with zero attached hydrogens (tertiary/aromatic N) is 3. The minimum Gasteiger partial charge on any atom is -0.375 e. The van der Waals surface area contributed by atoms with E-state index in [1.165, 1.54) is 0 Å². The number of likely N-dealkylation sites (N-methyl/N-ethyl adjacent to an activating group) is 1. The summed E-state index contributed by atoms with van der Waals surface area (Å²) in [5.74, 6) is -0.00443. The number of carbonyl (C=O) groups excluding carboxylic acids is 2. The van der Waals surface area contributed by atoms with Gasteiger partial charge < -0.3 is 20.0 Å². The van der Waals surface area contributed by atoms with Gasteiger partial charge in [-0.15, -0.1) is 0 Å². The maximum atomic E-state index is 12.2. The molecule has 3 amide bonds. The summed E-state index contributed by atoms with van der Waals surface area (Å²) in [4.78, 5) is 29.6. The Balaban J connectivity index is 1.72. The molecule has 6 heteroatoms. The molecular weight excluding hydrogens is 292 g/mol. The van der Waals surface area contributed by atoms with Crippen LogP contribution in [0.4, 0.5) is 10.5 Å². The molecule has 6 nitrogen and oxygen atoms in total. The molecule has 1 N–H and O–H groups in total. The van der Waals surface area contributed by atoms with E-state index in [0.29, 0.717) is 19.6 Å². The van der Waals surface area contributed by atoms with Gasteiger partial charge in [-0.3, -0.25) is 4.79 Å². The zero-order chi connectivity index (χ0) is 16.8. The number of urea groups is 1. The lowest BCUT2D eigenvalue weighted by molar-refractivity contribution is -0.137. The molecular formula is C17H26N4O2. The number of anilines is 1. The molecule has 1 heterocycles. The van der Waals surface area contributed by atoms with Gasteiger partial charge in [0.1, 0.15) is 6.04 Å². The molecule has 0 aliphatic carbocycles. The van der Waals surface area contributed by atoms with Gasteiger partial charge in [0, 0.05) is 46.0 Å². The maximum Gasteiger partial charge on any atom is 0.318 e. The van der Waals surface area contributed by atoms with Crippen LogP contribution in [-0.4, -0.2) is 68.1 Å². The van der Waals surface area contributed by atoms with E-state index >= 15 is 0 Å². The topological polar surface area (TPSA) is 55.9 Å². The first-order valence-electron chi connectivity index (χ1n) is 8.06. The summed E-state index contributed by atoms with van der Waals surface area (Å²) in [6, 6.07) is 9.61. The molecule has 126 valence electrons. The summed E-state index contributed by atoms with van der Waals surface area (Å²) in [6.45, 7) is 4.41. The van der Waals surface area contributed by atoms with Gasteiger partial charge in [0.25, 0.3) is 0 Å². The molecule has 0 saturated carbocycles. The standard InChI is InChI=1S/C17H26N4O2/c1-14-16(22)20(3)12-13-21(14)17(23)18-10-7-11-19(2)15-8-5-4-6-9-15/h4-6,8-9,14H,7,10-13H2,1-3H3,(H,18,23)/t14-/m0/s1. The van der Waals surface area contributed by atoms with Gasteiger partial charge in [-0.1, -0.05) is 18.2 Å². The lowest BCUT2D eigenvalue weighted by Crippen LogP contribution is -2.58. The predicted octanol–water partition coefficient (Wildman–Crippen LogP) is 1.39. The van der Waals surface area contributed by atoms with Crippen LogP contribution in [-0.2, 0) is 4.79 Å². The lowest BCUT2D eigenvalue weighted by Gasteiger charge is -2.37. The number of piperazine rings is 1. The summed E-state index contributed by atoms with van der Waals surface area (Å²) in [7, 11) is 3.81. The van der Waals surface area contributed by atoms with Crippen molar-refractivity contribution in [2.24, 2.45) is 0 Å². The minimum atomic E-state index is -0.388. The molecule has 0 spiro atoms. The van der Waals surface area contributed by atoms with Crippen LogP contribution in [0.1, 0.15) is 13.3 Å². The number of hydrogen-bond donors (Lipinski definition) is 1. The van der Waals surface area contributed by atoms with Gasteiger partial charge in [-0.05, 0) is 25.5 Å². The zero-order valence-electron chi connectivity index (χ0n) is 14.2. The third-order valence-corrected chi connectivity index (χ3v) is 4.28. The third kappa shape index (κ3) is 4.37. The van der Waals surface area contributed by atoms with Gasteiger partial charge in [-0.25, -0.2) is 4.79 Å². The Morgan fingerprint density at radius 1 is 1.30 bits per heavy atom. The highest BCUT2D eigenvalue weighted by molar-refractivity contribution is 5.87. The summed E-state index contributed by atoms with van der Waals surface area (Å²) >= 11 is 0. The number of carbonyl (C=O) groups is 2. The predicted molar refractivity (Wildman–Crippen MR) is 91.5 cm³/mol. The molecule has 1 aliphatic heterocycles. The van der Waals surface area contributed by atoms with E-state index < -0.39 is 0 Å². The van der Waals surface area contributed by atoms with E-state index in [2.05, 4.69) is 22.3 Å². The molecule has 1 atom stereocenters. The molecule has 1 aromatic carbocycles. The summed E-state index contributed by atoms with van der Waals surface area (Å²) < 4.78 is 0. The molecule has 0 bridgehead atoms. The van der Waals surface area contributed by atoms with Crippen LogP contribution in [0.5, 0.6) is 0 Å². The van der Waals surface area contributed by atoms with E-state index in [9.17, 15) is 9.59 Å². The molecule has 1 saturated heterocycles. The average Bonchev–Trinajstić information content (AvgIpc) is 2.57. The number of rotatable bonds is 5. The van der Waals surface area contributed by atoms with Crippen molar-refractivity contribution < 1.29 is 9.59 Å². The molecule has 1 aromatic rings. The summed E-state index contributed by atoms with van der Waals surface area (Å²) in [5.41, 5.74) is 1.16. The molecule has 1 aliphatic rings. The van der Waals surface area contributed by atoms with Crippen LogP contribution in [0.15, 0.2) is 30.3 Å². The fourth-order valence-electron chi connectivity index (χ4n) is 2.72. The fourth-order valence-corrected chi connectivity index (χ4v) is 2.72. The Labute approximate surface area is 138 Å². The number of benzene rings is 1. The molecule has 0 radical (unpaired) electrons. The van der Waals surface area contributed by atoms with Gasteiger partial charge in [0.15, 0.2) is 0 Å². The highest BCUT2D eigenvalue weighted by Gasteiger charge is 2.32. The normalized spacial score (nSPS) is 18.0. The number of nitrogens with one attached hydrogen (secondary N) is 1. The first kappa shape index (κ1) is 17.1. The van der Waals surface area contributed by atoms with Crippen LogP contribution >= 0.6 is 0 Å². The van der Waals surface area contributed by atoms with Gasteiger partial charge in [0.05, 0.1) is 0 Å². The Hall–Kier alpha value is -2.24. The Morgan fingerprint density at radius 3 is 2.70 bits per heavy atom. The third-order valence-electron chi connectivity index (χ3n) is 4.28. The number of hydrogen-bond acceptors (Lipinski definition) is 3. The van der Waals surface area contributed by atoms with Crippen molar-refractivity contribution in [1.29, 1.82) is 0 Å². The van der Waals surface area contributed by atoms with E-state index in [-0.39, 0.29) is 18.0 Å². The molecule has 2 rings (SSSR count). The highest BCUT2D eigenvalue weighted by atomic mass is 16.2.